The van der Waals surface area contributed by atoms with E-state index in [2.05, 4.69) is 23.2 Å². The van der Waals surface area contributed by atoms with Gasteiger partial charge in [-0.3, -0.25) is 4.99 Å². The van der Waals surface area contributed by atoms with Crippen LogP contribution in [0.3, 0.4) is 0 Å². The van der Waals surface area contributed by atoms with Crippen LogP contribution in [0, 0.1) is 12.8 Å². The molecule has 0 saturated heterocycles. The van der Waals surface area contributed by atoms with Crippen LogP contribution in [0.25, 0.3) is 10.4 Å². The van der Waals surface area contributed by atoms with Crippen LogP contribution in [0.1, 0.15) is 23.0 Å². The molecule has 4 rings (SSSR count). The molecule has 2 atom stereocenters. The van der Waals surface area contributed by atoms with Crippen molar-refractivity contribution in [1.82, 2.24) is 4.98 Å². The molecule has 2 N–H and O–H groups in total. The molecule has 1 aromatic carbocycles. The average molecular weight is 331 g/mol. The van der Waals surface area contributed by atoms with E-state index in [-0.39, 0.29) is 6.04 Å². The van der Waals surface area contributed by atoms with Crippen molar-refractivity contribution in [3.05, 3.63) is 35.0 Å². The summed E-state index contributed by atoms with van der Waals surface area (Å²) in [5.74, 6) is 2.46. The number of ether oxygens (including phenoxy) is 1. The third kappa shape index (κ3) is 2.50. The molecule has 0 radical (unpaired) electrons. The minimum Gasteiger partial charge on any atom is -0.493 e. The monoisotopic (exact) mass is 331 g/mol. The van der Waals surface area contributed by atoms with Crippen LogP contribution in [0.4, 0.5) is 0 Å². The zero-order valence-corrected chi connectivity index (χ0v) is 13.9. The van der Waals surface area contributed by atoms with Gasteiger partial charge in [-0.25, -0.2) is 4.98 Å². The Labute approximate surface area is 137 Å². The first-order valence-electron chi connectivity index (χ1n) is 7.36. The maximum absolute atomic E-state index is 5.97. The smallest absolute Gasteiger partial charge is 0.154 e. The first-order chi connectivity index (χ1) is 10.7. The van der Waals surface area contributed by atoms with Crippen molar-refractivity contribution in [2.75, 3.05) is 12.4 Å². The van der Waals surface area contributed by atoms with Crippen LogP contribution in [-0.4, -0.2) is 22.5 Å². The standard InChI is InChI=1S/C16H17N3OS2/c1-9-18-7-14(22-9)10-2-3-13-12(6-10)15-11(4-5-20-13)8-21-16(17)19-15/h2-3,6-7,11,15H,4-5,8H2,1H3,(H2,17,19). The van der Waals surface area contributed by atoms with E-state index in [0.29, 0.717) is 11.1 Å². The third-order valence-corrected chi connectivity index (χ3v) is 6.10. The molecular formula is C16H17N3OS2. The minimum atomic E-state index is 0.118. The number of aromatic nitrogens is 1. The first kappa shape index (κ1) is 14.1. The van der Waals surface area contributed by atoms with Gasteiger partial charge in [0.1, 0.15) is 5.75 Å². The summed E-state index contributed by atoms with van der Waals surface area (Å²) in [4.78, 5) is 10.2. The van der Waals surface area contributed by atoms with Gasteiger partial charge in [-0.1, -0.05) is 11.8 Å². The Morgan fingerprint density at radius 2 is 2.27 bits per heavy atom. The van der Waals surface area contributed by atoms with Gasteiger partial charge < -0.3 is 10.5 Å². The number of thiazole rings is 1. The summed E-state index contributed by atoms with van der Waals surface area (Å²) < 4.78 is 5.94. The van der Waals surface area contributed by atoms with Crippen molar-refractivity contribution in [2.24, 2.45) is 16.6 Å². The van der Waals surface area contributed by atoms with Crippen molar-refractivity contribution in [2.45, 2.75) is 19.4 Å². The van der Waals surface area contributed by atoms with Crippen molar-refractivity contribution in [3.8, 4) is 16.2 Å². The quantitative estimate of drug-likeness (QED) is 0.867. The van der Waals surface area contributed by atoms with Crippen molar-refractivity contribution in [1.29, 1.82) is 0 Å². The summed E-state index contributed by atoms with van der Waals surface area (Å²) in [6.45, 7) is 2.78. The number of thioether (sulfide) groups is 1. The Bertz CT molecular complexity index is 741. The van der Waals surface area contributed by atoms with Crippen LogP contribution < -0.4 is 10.5 Å². The van der Waals surface area contributed by atoms with Gasteiger partial charge in [-0.15, -0.1) is 11.3 Å². The van der Waals surface area contributed by atoms with Gasteiger partial charge in [0, 0.05) is 17.5 Å². The normalized spacial score (nSPS) is 23.8. The fraction of sp³-hybridized carbons (Fsp3) is 0.375. The number of benzene rings is 1. The first-order valence-corrected chi connectivity index (χ1v) is 9.16. The highest BCUT2D eigenvalue weighted by Gasteiger charge is 2.32. The number of aliphatic imine (C=N–C) groups is 1. The number of nitrogens with zero attached hydrogens (tertiary/aromatic N) is 2. The largest absolute Gasteiger partial charge is 0.493 e. The van der Waals surface area contributed by atoms with Gasteiger partial charge in [0.2, 0.25) is 0 Å². The molecule has 4 nitrogen and oxygen atoms in total. The summed E-state index contributed by atoms with van der Waals surface area (Å²) in [5.41, 5.74) is 8.31. The van der Waals surface area contributed by atoms with Gasteiger partial charge in [0.05, 0.1) is 22.5 Å². The summed E-state index contributed by atoms with van der Waals surface area (Å²) in [5, 5.41) is 1.77. The second kappa shape index (κ2) is 5.59. The molecule has 2 aromatic rings. The molecule has 2 unspecified atom stereocenters. The van der Waals surface area contributed by atoms with Crippen molar-refractivity contribution < 1.29 is 4.74 Å². The molecule has 0 fully saturated rings. The Balaban J connectivity index is 1.81. The molecule has 22 heavy (non-hydrogen) atoms. The maximum Gasteiger partial charge on any atom is 0.154 e. The summed E-state index contributed by atoms with van der Waals surface area (Å²) >= 11 is 3.37. The van der Waals surface area contributed by atoms with Gasteiger partial charge in [-0.05, 0) is 43.0 Å². The van der Waals surface area contributed by atoms with Crippen molar-refractivity contribution in [3.63, 3.8) is 0 Å². The number of rotatable bonds is 1. The Morgan fingerprint density at radius 1 is 1.36 bits per heavy atom. The van der Waals surface area contributed by atoms with E-state index in [1.807, 2.05) is 13.1 Å². The number of nitrogens with two attached hydrogens (primary N) is 1. The second-order valence-corrected chi connectivity index (χ2v) is 7.89. The van der Waals surface area contributed by atoms with E-state index < -0.39 is 0 Å². The van der Waals surface area contributed by atoms with Crippen LogP contribution in [0.15, 0.2) is 29.4 Å². The highest BCUT2D eigenvalue weighted by atomic mass is 32.2. The highest BCUT2D eigenvalue weighted by molar-refractivity contribution is 8.13. The van der Waals surface area contributed by atoms with Crippen LogP contribution >= 0.6 is 23.1 Å². The van der Waals surface area contributed by atoms with E-state index in [9.17, 15) is 0 Å². The third-order valence-electron chi connectivity index (χ3n) is 4.14. The van der Waals surface area contributed by atoms with E-state index >= 15 is 0 Å². The molecule has 6 heteroatoms. The zero-order valence-electron chi connectivity index (χ0n) is 12.3. The maximum atomic E-state index is 5.97. The van der Waals surface area contributed by atoms with Gasteiger partial charge in [0.25, 0.3) is 0 Å². The second-order valence-electron chi connectivity index (χ2n) is 5.62. The molecule has 2 aliphatic heterocycles. The lowest BCUT2D eigenvalue weighted by atomic mass is 9.91. The highest BCUT2D eigenvalue weighted by Crippen LogP contribution is 2.43. The Kier molecular flexibility index (Phi) is 3.58. The average Bonchev–Trinajstić information content (AvgIpc) is 2.87. The van der Waals surface area contributed by atoms with Crippen LogP contribution in [0.5, 0.6) is 5.75 Å². The predicted octanol–water partition coefficient (Wildman–Crippen LogP) is 3.62. The van der Waals surface area contributed by atoms with Gasteiger partial charge in [-0.2, -0.15) is 0 Å². The van der Waals surface area contributed by atoms with E-state index in [1.54, 1.807) is 23.1 Å². The fourth-order valence-electron chi connectivity index (χ4n) is 3.01. The Morgan fingerprint density at radius 3 is 3.09 bits per heavy atom. The van der Waals surface area contributed by atoms with Crippen LogP contribution in [-0.2, 0) is 0 Å². The predicted molar refractivity (Wildman–Crippen MR) is 92.7 cm³/mol. The fourth-order valence-corrected chi connectivity index (χ4v) is 4.70. The lowest BCUT2D eigenvalue weighted by Crippen LogP contribution is -2.24. The summed E-state index contributed by atoms with van der Waals surface area (Å²) in [6.07, 6.45) is 2.96. The van der Waals surface area contributed by atoms with Gasteiger partial charge in [0.15, 0.2) is 5.17 Å². The number of hydrogen-bond acceptors (Lipinski definition) is 6. The number of hydrogen-bond donors (Lipinski definition) is 1. The lowest BCUT2D eigenvalue weighted by molar-refractivity contribution is 0.296. The van der Waals surface area contributed by atoms with Crippen molar-refractivity contribution >= 4 is 28.3 Å². The van der Waals surface area contributed by atoms with E-state index in [4.69, 9.17) is 15.5 Å². The SMILES string of the molecule is Cc1ncc(-c2ccc3c(c2)C2N=C(N)SCC2CCO3)s1. The molecule has 1 aromatic heterocycles. The van der Waals surface area contributed by atoms with Gasteiger partial charge >= 0.3 is 0 Å². The summed E-state index contributed by atoms with van der Waals surface area (Å²) in [7, 11) is 0. The van der Waals surface area contributed by atoms with Crippen LogP contribution in [0.2, 0.25) is 0 Å². The number of amidine groups is 1. The Hall–Kier alpha value is -1.53. The summed E-state index contributed by atoms with van der Waals surface area (Å²) in [6, 6.07) is 6.50. The molecular weight excluding hydrogens is 314 g/mol. The zero-order chi connectivity index (χ0) is 15.1. The molecule has 3 heterocycles. The van der Waals surface area contributed by atoms with E-state index in [0.717, 1.165) is 35.1 Å². The number of aryl methyl sites for hydroxylation is 1. The molecule has 0 spiro atoms. The number of fused-ring (bicyclic) bond motifs is 3. The lowest BCUT2D eigenvalue weighted by Gasteiger charge is -2.26. The molecule has 2 aliphatic rings. The molecule has 0 amide bonds. The molecule has 114 valence electrons. The topological polar surface area (TPSA) is 60.5 Å². The molecule has 0 bridgehead atoms. The molecule has 0 saturated carbocycles. The molecule has 0 aliphatic carbocycles. The minimum absolute atomic E-state index is 0.118. The van der Waals surface area contributed by atoms with E-state index in [1.165, 1.54) is 10.4 Å².